The van der Waals surface area contributed by atoms with Crippen LogP contribution in [0.4, 0.5) is 0 Å². The lowest BCUT2D eigenvalue weighted by Crippen LogP contribution is -2.35. The Hall–Kier alpha value is -3.41. The van der Waals surface area contributed by atoms with Gasteiger partial charge in [0.15, 0.2) is 0 Å². The second-order valence-corrected chi connectivity index (χ2v) is 5.99. The van der Waals surface area contributed by atoms with Crippen molar-refractivity contribution in [3.63, 3.8) is 0 Å². The lowest BCUT2D eigenvalue weighted by atomic mass is 9.92. The molecule has 2 aromatic rings. The van der Waals surface area contributed by atoms with Gasteiger partial charge in [-0.05, 0) is 6.92 Å². The van der Waals surface area contributed by atoms with Crippen molar-refractivity contribution in [3.05, 3.63) is 71.8 Å². The third-order valence-corrected chi connectivity index (χ3v) is 3.98. The Morgan fingerprint density at radius 2 is 1.21 bits per heavy atom. The molecule has 2 aromatic carbocycles. The highest BCUT2D eigenvalue weighted by Gasteiger charge is 2.34. The number of rotatable bonds is 7. The highest BCUT2D eigenvalue weighted by atomic mass is 16.4. The molecule has 3 N–H and O–H groups in total. The van der Waals surface area contributed by atoms with Crippen molar-refractivity contribution in [2.24, 2.45) is 15.4 Å². The molecule has 0 atom stereocenters. The first-order valence-corrected chi connectivity index (χ1v) is 8.14. The summed E-state index contributed by atoms with van der Waals surface area (Å²) in [6, 6.07) is 17.8. The minimum absolute atomic E-state index is 0.543. The van der Waals surface area contributed by atoms with Crippen LogP contribution in [-0.2, 0) is 20.0 Å². The molecule has 0 bridgehead atoms. The van der Waals surface area contributed by atoms with Gasteiger partial charge in [0.25, 0.3) is 0 Å². The highest BCUT2D eigenvalue weighted by Crippen LogP contribution is 2.34. The molecular formula is C20H20N2O6. The molecule has 0 aromatic heterocycles. The molecule has 0 heterocycles. The number of carbonyl (C=O) groups is 1. The monoisotopic (exact) mass is 384 g/mol. The van der Waals surface area contributed by atoms with Crippen molar-refractivity contribution in [3.8, 4) is 0 Å². The van der Waals surface area contributed by atoms with Crippen LogP contribution in [0.25, 0.3) is 0 Å². The first kappa shape index (κ1) is 22.6. The van der Waals surface area contributed by atoms with Gasteiger partial charge in [-0.3, -0.25) is 4.79 Å². The van der Waals surface area contributed by atoms with E-state index in [2.05, 4.69) is 9.98 Å². The second kappa shape index (κ2) is 10.7. The number of carboxylic acid groups (broad SMARTS) is 1. The summed E-state index contributed by atoms with van der Waals surface area (Å²) in [7, 11) is 0. The zero-order chi connectivity index (χ0) is 21.0. The molecule has 2 rings (SSSR count). The molecule has 28 heavy (non-hydrogen) atoms. The van der Waals surface area contributed by atoms with E-state index >= 15 is 0 Å². The van der Waals surface area contributed by atoms with Crippen molar-refractivity contribution < 1.29 is 29.7 Å². The number of isocyanates is 2. The Kier molecular flexibility index (Phi) is 8.62. The number of benzene rings is 2. The van der Waals surface area contributed by atoms with E-state index in [4.69, 9.17) is 15.3 Å². The molecule has 0 spiro atoms. The van der Waals surface area contributed by atoms with Gasteiger partial charge in [-0.1, -0.05) is 60.7 Å². The molecule has 8 heteroatoms. The van der Waals surface area contributed by atoms with Crippen LogP contribution in [0.1, 0.15) is 18.1 Å². The van der Waals surface area contributed by atoms with E-state index < -0.39 is 30.3 Å². The van der Waals surface area contributed by atoms with Gasteiger partial charge < -0.3 is 15.3 Å². The fraction of sp³-hybridized carbons (Fsp3) is 0.250. The Morgan fingerprint density at radius 1 is 0.857 bits per heavy atom. The van der Waals surface area contributed by atoms with Gasteiger partial charge in [0.1, 0.15) is 5.41 Å². The summed E-state index contributed by atoms with van der Waals surface area (Å²) >= 11 is 0. The zero-order valence-electron chi connectivity index (χ0n) is 15.1. The third kappa shape index (κ3) is 5.30. The number of aliphatic hydroxyl groups is 2. The normalized spacial score (nSPS) is 10.5. The maximum Gasteiger partial charge on any atom is 0.314 e. The van der Waals surface area contributed by atoms with Crippen molar-refractivity contribution in [1.29, 1.82) is 0 Å². The maximum absolute atomic E-state index is 10.8. The summed E-state index contributed by atoms with van der Waals surface area (Å²) in [6.07, 6.45) is 2.99. The number of carboxylic acids is 1. The molecular weight excluding hydrogens is 364 g/mol. The van der Waals surface area contributed by atoms with Crippen LogP contribution in [0.15, 0.2) is 70.6 Å². The molecule has 0 unspecified atom stereocenters. The van der Waals surface area contributed by atoms with Crippen molar-refractivity contribution in [2.45, 2.75) is 12.6 Å². The topological polar surface area (TPSA) is 137 Å². The van der Waals surface area contributed by atoms with Crippen LogP contribution in [0, 0.1) is 5.41 Å². The van der Waals surface area contributed by atoms with E-state index in [1.165, 1.54) is 19.1 Å². The molecule has 0 aliphatic rings. The molecule has 0 fully saturated rings. The van der Waals surface area contributed by atoms with Gasteiger partial charge >= 0.3 is 5.97 Å². The van der Waals surface area contributed by atoms with Crippen LogP contribution in [0.5, 0.6) is 0 Å². The van der Waals surface area contributed by atoms with E-state index in [1.807, 2.05) is 12.1 Å². The van der Waals surface area contributed by atoms with Gasteiger partial charge in [0.2, 0.25) is 17.8 Å². The standard InChI is InChI=1S/C15H10N2O2.C5H10O4/c18-11-16-15(17-12-19,13-7-3-1-4-8-13)14-9-5-2-6-10-14;1-5(2-6,3-7)4(8)9/h1-10H;6-7H,2-3H2,1H3,(H,8,9). The quantitative estimate of drug-likeness (QED) is 0.490. The van der Waals surface area contributed by atoms with Gasteiger partial charge in [-0.2, -0.15) is 9.98 Å². The van der Waals surface area contributed by atoms with E-state index in [0.717, 1.165) is 0 Å². The second-order valence-electron chi connectivity index (χ2n) is 5.99. The third-order valence-electron chi connectivity index (χ3n) is 3.98. The predicted octanol–water partition coefficient (Wildman–Crippen LogP) is 1.62. The summed E-state index contributed by atoms with van der Waals surface area (Å²) in [5.74, 6) is -1.19. The molecule has 0 saturated heterocycles. The van der Waals surface area contributed by atoms with Crippen molar-refractivity contribution >= 4 is 18.1 Å². The fourth-order valence-corrected chi connectivity index (χ4v) is 2.11. The smallest absolute Gasteiger partial charge is 0.314 e. The molecule has 0 radical (unpaired) electrons. The first-order valence-electron chi connectivity index (χ1n) is 8.14. The Balaban J connectivity index is 0.000000370. The van der Waals surface area contributed by atoms with Crippen LogP contribution in [0.3, 0.4) is 0 Å². The molecule has 146 valence electrons. The lowest BCUT2D eigenvalue weighted by Gasteiger charge is -2.22. The van der Waals surface area contributed by atoms with Crippen molar-refractivity contribution in [2.75, 3.05) is 13.2 Å². The molecule has 0 saturated carbocycles. The lowest BCUT2D eigenvalue weighted by molar-refractivity contribution is -0.152. The first-order chi connectivity index (χ1) is 13.4. The highest BCUT2D eigenvalue weighted by molar-refractivity contribution is 5.74. The largest absolute Gasteiger partial charge is 0.481 e. The van der Waals surface area contributed by atoms with Crippen LogP contribution in [-0.4, -0.2) is 46.7 Å². The van der Waals surface area contributed by atoms with E-state index in [0.29, 0.717) is 11.1 Å². The summed E-state index contributed by atoms with van der Waals surface area (Å²) in [5.41, 5.74) is -1.59. The fourth-order valence-electron chi connectivity index (χ4n) is 2.11. The summed E-state index contributed by atoms with van der Waals surface area (Å²) in [6.45, 7) is 0.187. The zero-order valence-corrected chi connectivity index (χ0v) is 15.1. The maximum atomic E-state index is 10.8. The minimum Gasteiger partial charge on any atom is -0.481 e. The summed E-state index contributed by atoms with van der Waals surface area (Å²) < 4.78 is 0. The van der Waals surface area contributed by atoms with E-state index in [1.54, 1.807) is 48.5 Å². The number of aliphatic hydroxyl groups excluding tert-OH is 2. The summed E-state index contributed by atoms with van der Waals surface area (Å²) in [4.78, 5) is 39.2. The average Bonchev–Trinajstić information content (AvgIpc) is 2.74. The van der Waals surface area contributed by atoms with Gasteiger partial charge in [-0.25, -0.2) is 9.59 Å². The number of hydrogen-bond donors (Lipinski definition) is 3. The number of nitrogens with zero attached hydrogens (tertiary/aromatic N) is 2. The SMILES string of the molecule is CC(CO)(CO)C(=O)O.O=C=NC(N=C=O)(c1ccccc1)c1ccccc1. The number of aliphatic carboxylic acids is 1. The molecule has 0 aliphatic carbocycles. The Labute approximate surface area is 161 Å². The van der Waals surface area contributed by atoms with Crippen LogP contribution < -0.4 is 0 Å². The Bertz CT molecular complexity index is 793. The molecule has 0 aliphatic heterocycles. The molecule has 0 amide bonds. The number of aliphatic imine (C=N–C) groups is 2. The van der Waals surface area contributed by atoms with Crippen molar-refractivity contribution in [1.82, 2.24) is 0 Å². The number of carbonyl (C=O) groups excluding carboxylic acids is 2. The van der Waals surface area contributed by atoms with Crippen LogP contribution >= 0.6 is 0 Å². The van der Waals surface area contributed by atoms with Gasteiger partial charge in [0.05, 0.1) is 13.2 Å². The van der Waals surface area contributed by atoms with E-state index in [9.17, 15) is 14.4 Å². The predicted molar refractivity (Wildman–Crippen MR) is 99.8 cm³/mol. The van der Waals surface area contributed by atoms with Crippen LogP contribution in [0.2, 0.25) is 0 Å². The molecule has 8 nitrogen and oxygen atoms in total. The Morgan fingerprint density at radius 3 is 1.43 bits per heavy atom. The van der Waals surface area contributed by atoms with Gasteiger partial charge in [0, 0.05) is 11.1 Å². The summed E-state index contributed by atoms with van der Waals surface area (Å²) in [5, 5.41) is 25.1. The van der Waals surface area contributed by atoms with E-state index in [-0.39, 0.29) is 0 Å². The van der Waals surface area contributed by atoms with Gasteiger partial charge in [-0.15, -0.1) is 0 Å². The average molecular weight is 384 g/mol. The number of hydrogen-bond acceptors (Lipinski definition) is 7. The minimum atomic E-state index is -1.41.